The summed E-state index contributed by atoms with van der Waals surface area (Å²) in [4.78, 5) is 15.3. The van der Waals surface area contributed by atoms with E-state index in [1.54, 1.807) is 12.3 Å². The Morgan fingerprint density at radius 2 is 2.03 bits per heavy atom. The summed E-state index contributed by atoms with van der Waals surface area (Å²) < 4.78 is 13.4. The van der Waals surface area contributed by atoms with Crippen LogP contribution in [-0.2, 0) is 0 Å². The summed E-state index contributed by atoms with van der Waals surface area (Å²) in [5.41, 5.74) is 2.43. The zero-order valence-corrected chi connectivity index (χ0v) is 16.0. The summed E-state index contributed by atoms with van der Waals surface area (Å²) in [5, 5.41) is 22.1. The van der Waals surface area contributed by atoms with Crippen molar-refractivity contribution in [2.24, 2.45) is 17.8 Å². The van der Waals surface area contributed by atoms with Crippen LogP contribution in [0.3, 0.4) is 0 Å². The van der Waals surface area contributed by atoms with Crippen molar-refractivity contribution in [3.63, 3.8) is 0 Å². The smallest absolute Gasteiger partial charge is 0.404 e. The predicted molar refractivity (Wildman–Crippen MR) is 109 cm³/mol. The Labute approximate surface area is 169 Å². The lowest BCUT2D eigenvalue weighted by Crippen LogP contribution is -2.39. The third kappa shape index (κ3) is 4.48. The van der Waals surface area contributed by atoms with Crippen molar-refractivity contribution in [1.29, 1.82) is 0 Å². The Hall–Kier alpha value is -2.73. The fourth-order valence-electron chi connectivity index (χ4n) is 4.95. The molecule has 0 saturated heterocycles. The van der Waals surface area contributed by atoms with Crippen LogP contribution < -0.4 is 5.32 Å². The SMILES string of the molecule is O=C(O)NC1CC[C@@H]2[C@@H](C1)C[C@@H](O)[C@H]2/C=C/c1ccc(-c2cccc(F)c2)cn1. The molecule has 6 heteroatoms. The van der Waals surface area contributed by atoms with Crippen molar-refractivity contribution in [3.05, 3.63) is 60.2 Å². The van der Waals surface area contributed by atoms with Crippen molar-refractivity contribution in [2.45, 2.75) is 37.8 Å². The number of carboxylic acid groups (broad SMARTS) is 1. The lowest BCUT2D eigenvalue weighted by molar-refractivity contribution is 0.138. The van der Waals surface area contributed by atoms with Gasteiger partial charge in [0, 0.05) is 23.7 Å². The van der Waals surface area contributed by atoms with E-state index in [1.165, 1.54) is 12.1 Å². The molecule has 3 N–H and O–H groups in total. The number of aromatic nitrogens is 1. The Morgan fingerprint density at radius 3 is 2.76 bits per heavy atom. The van der Waals surface area contributed by atoms with Crippen molar-refractivity contribution < 1.29 is 19.4 Å². The second-order valence-corrected chi connectivity index (χ2v) is 8.11. The van der Waals surface area contributed by atoms with Crippen LogP contribution in [0.5, 0.6) is 0 Å². The minimum atomic E-state index is -0.976. The number of benzene rings is 1. The maximum atomic E-state index is 13.4. The zero-order chi connectivity index (χ0) is 20.4. The molecule has 1 aromatic carbocycles. The zero-order valence-electron chi connectivity index (χ0n) is 16.0. The first-order valence-corrected chi connectivity index (χ1v) is 10.1. The highest BCUT2D eigenvalue weighted by Crippen LogP contribution is 2.46. The highest BCUT2D eigenvalue weighted by molar-refractivity contribution is 5.65. The third-order valence-electron chi connectivity index (χ3n) is 6.29. The molecule has 0 bridgehead atoms. The van der Waals surface area contributed by atoms with Gasteiger partial charge >= 0.3 is 6.09 Å². The van der Waals surface area contributed by atoms with E-state index in [1.807, 2.05) is 30.4 Å². The summed E-state index contributed by atoms with van der Waals surface area (Å²) in [6.45, 7) is 0. The Morgan fingerprint density at radius 1 is 1.17 bits per heavy atom. The van der Waals surface area contributed by atoms with Crippen LogP contribution >= 0.6 is 0 Å². The minimum Gasteiger partial charge on any atom is -0.465 e. The van der Waals surface area contributed by atoms with Gasteiger partial charge in [-0.2, -0.15) is 0 Å². The Balaban J connectivity index is 1.42. The summed E-state index contributed by atoms with van der Waals surface area (Å²) in [5.74, 6) is 0.508. The van der Waals surface area contributed by atoms with E-state index >= 15 is 0 Å². The van der Waals surface area contributed by atoms with Crippen LogP contribution in [0.15, 0.2) is 48.7 Å². The van der Waals surface area contributed by atoms with Crippen molar-refractivity contribution in [3.8, 4) is 11.1 Å². The van der Waals surface area contributed by atoms with Crippen molar-refractivity contribution >= 4 is 12.2 Å². The number of aliphatic hydroxyl groups is 1. The number of rotatable bonds is 4. The molecule has 2 aromatic rings. The molecule has 152 valence electrons. The number of nitrogens with zero attached hydrogens (tertiary/aromatic N) is 1. The molecular formula is C23H25FN2O3. The topological polar surface area (TPSA) is 82.5 Å². The molecule has 1 heterocycles. The molecular weight excluding hydrogens is 371 g/mol. The van der Waals surface area contributed by atoms with E-state index in [9.17, 15) is 14.3 Å². The molecule has 2 saturated carbocycles. The maximum absolute atomic E-state index is 13.4. The fourth-order valence-corrected chi connectivity index (χ4v) is 4.95. The summed E-state index contributed by atoms with van der Waals surface area (Å²) >= 11 is 0. The molecule has 5 nitrogen and oxygen atoms in total. The van der Waals surface area contributed by atoms with Crippen LogP contribution in [0.25, 0.3) is 17.2 Å². The molecule has 4 rings (SSSR count). The molecule has 0 aliphatic heterocycles. The summed E-state index contributed by atoms with van der Waals surface area (Å²) in [6.07, 6.45) is 7.55. The second-order valence-electron chi connectivity index (χ2n) is 8.11. The number of carbonyl (C=O) groups is 1. The molecule has 2 fully saturated rings. The lowest BCUT2D eigenvalue weighted by atomic mass is 9.76. The van der Waals surface area contributed by atoms with Gasteiger partial charge in [-0.25, -0.2) is 9.18 Å². The lowest BCUT2D eigenvalue weighted by Gasteiger charge is -2.33. The number of hydrogen-bond acceptors (Lipinski definition) is 3. The van der Waals surface area contributed by atoms with Gasteiger partial charge in [0.15, 0.2) is 0 Å². The van der Waals surface area contributed by atoms with Gasteiger partial charge in [-0.1, -0.05) is 24.3 Å². The van der Waals surface area contributed by atoms with Gasteiger partial charge in [0.05, 0.1) is 11.8 Å². The number of aliphatic hydroxyl groups excluding tert-OH is 1. The largest absolute Gasteiger partial charge is 0.465 e. The van der Waals surface area contributed by atoms with E-state index in [0.29, 0.717) is 18.3 Å². The van der Waals surface area contributed by atoms with Crippen LogP contribution in [0, 0.1) is 23.6 Å². The minimum absolute atomic E-state index is 0.0132. The number of amides is 1. The monoisotopic (exact) mass is 396 g/mol. The van der Waals surface area contributed by atoms with Crippen molar-refractivity contribution in [1.82, 2.24) is 10.3 Å². The first kappa shape index (κ1) is 19.6. The van der Waals surface area contributed by atoms with Crippen LogP contribution in [0.2, 0.25) is 0 Å². The molecule has 0 spiro atoms. The summed E-state index contributed by atoms with van der Waals surface area (Å²) in [7, 11) is 0. The summed E-state index contributed by atoms with van der Waals surface area (Å²) in [6, 6.07) is 10.2. The van der Waals surface area contributed by atoms with Gasteiger partial charge in [-0.3, -0.25) is 4.98 Å². The number of halogens is 1. The first-order valence-electron chi connectivity index (χ1n) is 10.1. The highest BCUT2D eigenvalue weighted by atomic mass is 19.1. The van der Waals surface area contributed by atoms with E-state index in [4.69, 9.17) is 5.11 Å². The second kappa shape index (κ2) is 8.33. The van der Waals surface area contributed by atoms with Crippen LogP contribution in [0.4, 0.5) is 9.18 Å². The molecule has 1 unspecified atom stereocenters. The number of hydrogen-bond donors (Lipinski definition) is 3. The Bertz CT molecular complexity index is 899. The molecule has 1 amide bonds. The highest BCUT2D eigenvalue weighted by Gasteiger charge is 2.44. The van der Waals surface area contributed by atoms with E-state index in [2.05, 4.69) is 10.3 Å². The normalized spacial score (nSPS) is 29.0. The van der Waals surface area contributed by atoms with Gasteiger partial charge in [0.1, 0.15) is 5.82 Å². The fraction of sp³-hybridized carbons (Fsp3) is 0.391. The molecule has 2 aliphatic carbocycles. The number of nitrogens with one attached hydrogen (secondary N) is 1. The average Bonchev–Trinajstić information content (AvgIpc) is 3.00. The molecule has 2 aliphatic rings. The molecule has 0 radical (unpaired) electrons. The number of pyridine rings is 1. The molecule has 29 heavy (non-hydrogen) atoms. The third-order valence-corrected chi connectivity index (χ3v) is 6.29. The van der Waals surface area contributed by atoms with Gasteiger partial charge in [0.2, 0.25) is 0 Å². The van der Waals surface area contributed by atoms with Gasteiger partial charge < -0.3 is 15.5 Å². The standard InChI is InChI=1S/C23H25FN2O3/c24-17-3-1-2-14(10-17)15-4-5-18(25-13-15)6-9-21-20-8-7-19(26-23(28)29)11-16(20)12-22(21)27/h1-6,9-10,13,16,19-22,26-27H,7-8,11-12H2,(H,28,29)/b9-6+/t16-,19?,20+,21-,22+/m0/s1. The van der Waals surface area contributed by atoms with E-state index in [-0.39, 0.29) is 17.8 Å². The van der Waals surface area contributed by atoms with Gasteiger partial charge in [0.25, 0.3) is 0 Å². The first-order chi connectivity index (χ1) is 14.0. The predicted octanol–water partition coefficient (Wildman–Crippen LogP) is 4.33. The maximum Gasteiger partial charge on any atom is 0.404 e. The van der Waals surface area contributed by atoms with Crippen molar-refractivity contribution in [2.75, 3.05) is 0 Å². The van der Waals surface area contributed by atoms with Gasteiger partial charge in [-0.15, -0.1) is 0 Å². The van der Waals surface area contributed by atoms with E-state index in [0.717, 1.165) is 36.1 Å². The average molecular weight is 396 g/mol. The quantitative estimate of drug-likeness (QED) is 0.718. The van der Waals surface area contributed by atoms with E-state index < -0.39 is 12.2 Å². The van der Waals surface area contributed by atoms with Crippen LogP contribution in [0.1, 0.15) is 31.4 Å². The Kier molecular flexibility index (Phi) is 5.62. The molecule has 1 aromatic heterocycles. The molecule has 5 atom stereocenters. The van der Waals surface area contributed by atoms with Crippen LogP contribution in [-0.4, -0.2) is 33.4 Å². The number of fused-ring (bicyclic) bond motifs is 1. The van der Waals surface area contributed by atoms with Gasteiger partial charge in [-0.05, 0) is 67.4 Å².